The van der Waals surface area contributed by atoms with Gasteiger partial charge in [-0.15, -0.1) is 11.8 Å². The van der Waals surface area contributed by atoms with E-state index in [2.05, 4.69) is 21.3 Å². The SMILES string of the molecule is CC(C)NC(=O)Nc1ccc(CNC(=S)NCCSc2ccc(Cl)cc2)cc1. The van der Waals surface area contributed by atoms with Crippen molar-refractivity contribution in [1.29, 1.82) is 0 Å². The molecule has 0 aliphatic rings. The van der Waals surface area contributed by atoms with Gasteiger partial charge in [-0.3, -0.25) is 0 Å². The summed E-state index contributed by atoms with van der Waals surface area (Å²) in [5, 5.41) is 13.3. The van der Waals surface area contributed by atoms with Gasteiger partial charge < -0.3 is 21.3 Å². The minimum absolute atomic E-state index is 0.0987. The molecule has 0 bridgehead atoms. The van der Waals surface area contributed by atoms with Gasteiger partial charge >= 0.3 is 6.03 Å². The molecule has 5 nitrogen and oxygen atoms in total. The number of halogens is 1. The van der Waals surface area contributed by atoms with E-state index >= 15 is 0 Å². The zero-order valence-electron chi connectivity index (χ0n) is 15.9. The molecular weight excluding hydrogens is 412 g/mol. The van der Waals surface area contributed by atoms with E-state index in [9.17, 15) is 4.79 Å². The fourth-order valence-electron chi connectivity index (χ4n) is 2.24. The number of carbonyl (C=O) groups excluding carboxylic acids is 1. The molecule has 8 heteroatoms. The van der Waals surface area contributed by atoms with Crippen molar-refractivity contribution in [3.63, 3.8) is 0 Å². The first-order chi connectivity index (χ1) is 13.4. The van der Waals surface area contributed by atoms with E-state index < -0.39 is 0 Å². The highest BCUT2D eigenvalue weighted by Gasteiger charge is 2.03. The smallest absolute Gasteiger partial charge is 0.319 e. The highest BCUT2D eigenvalue weighted by Crippen LogP contribution is 2.19. The second-order valence-corrected chi connectivity index (χ2v) is 8.37. The molecule has 0 unspecified atom stereocenters. The normalized spacial score (nSPS) is 10.4. The molecule has 2 rings (SSSR count). The van der Waals surface area contributed by atoms with Crippen molar-refractivity contribution in [2.24, 2.45) is 0 Å². The molecule has 0 heterocycles. The van der Waals surface area contributed by atoms with Crippen LogP contribution in [-0.2, 0) is 6.54 Å². The van der Waals surface area contributed by atoms with Crippen LogP contribution >= 0.6 is 35.6 Å². The Labute approximate surface area is 181 Å². The predicted octanol–water partition coefficient (Wildman–Crippen LogP) is 4.63. The van der Waals surface area contributed by atoms with E-state index in [1.165, 1.54) is 4.90 Å². The van der Waals surface area contributed by atoms with Crippen LogP contribution in [0.4, 0.5) is 10.5 Å². The summed E-state index contributed by atoms with van der Waals surface area (Å²) in [6, 6.07) is 15.3. The molecule has 2 aromatic carbocycles. The second-order valence-electron chi connectivity index (χ2n) is 6.36. The van der Waals surface area contributed by atoms with Crippen molar-refractivity contribution < 1.29 is 4.79 Å². The van der Waals surface area contributed by atoms with Gasteiger partial charge in [-0.2, -0.15) is 0 Å². The van der Waals surface area contributed by atoms with Crippen LogP contribution in [0.2, 0.25) is 5.02 Å². The molecule has 0 aliphatic carbocycles. The number of hydrogen-bond donors (Lipinski definition) is 4. The summed E-state index contributed by atoms with van der Waals surface area (Å²) in [5.41, 5.74) is 1.83. The summed E-state index contributed by atoms with van der Waals surface area (Å²) in [4.78, 5) is 12.9. The van der Waals surface area contributed by atoms with E-state index in [4.69, 9.17) is 23.8 Å². The lowest BCUT2D eigenvalue weighted by atomic mass is 10.2. The topological polar surface area (TPSA) is 65.2 Å². The first-order valence-electron chi connectivity index (χ1n) is 8.99. The molecular formula is C20H25ClN4OS2. The van der Waals surface area contributed by atoms with Gasteiger partial charge in [0.1, 0.15) is 0 Å². The molecule has 150 valence electrons. The Morgan fingerprint density at radius 2 is 1.75 bits per heavy atom. The molecule has 0 atom stereocenters. The fraction of sp³-hybridized carbons (Fsp3) is 0.300. The third-order valence-electron chi connectivity index (χ3n) is 3.55. The Kier molecular flexibility index (Phi) is 9.40. The standard InChI is InChI=1S/C20H25ClN4OS2/c1-14(2)24-19(26)25-17-7-3-15(4-8-17)13-23-20(27)22-11-12-28-18-9-5-16(21)6-10-18/h3-10,14H,11-13H2,1-2H3,(H2,22,23,27)(H2,24,25,26). The number of anilines is 1. The zero-order chi connectivity index (χ0) is 20.4. The molecule has 0 saturated carbocycles. The summed E-state index contributed by atoms with van der Waals surface area (Å²) in [6.07, 6.45) is 0. The van der Waals surface area contributed by atoms with Crippen LogP contribution < -0.4 is 21.3 Å². The van der Waals surface area contributed by atoms with Crippen LogP contribution in [0.25, 0.3) is 0 Å². The third-order valence-corrected chi connectivity index (χ3v) is 5.11. The Bertz CT molecular complexity index is 767. The van der Waals surface area contributed by atoms with Gasteiger partial charge in [0.2, 0.25) is 0 Å². The molecule has 2 amide bonds. The van der Waals surface area contributed by atoms with Crippen LogP contribution in [0.15, 0.2) is 53.4 Å². The van der Waals surface area contributed by atoms with Crippen molar-refractivity contribution in [2.45, 2.75) is 31.3 Å². The highest BCUT2D eigenvalue weighted by atomic mass is 35.5. The molecule has 28 heavy (non-hydrogen) atoms. The third kappa shape index (κ3) is 8.82. The van der Waals surface area contributed by atoms with Gasteiger partial charge in [-0.1, -0.05) is 23.7 Å². The summed E-state index contributed by atoms with van der Waals surface area (Å²) in [6.45, 7) is 5.23. The van der Waals surface area contributed by atoms with Crippen molar-refractivity contribution in [2.75, 3.05) is 17.6 Å². The lowest BCUT2D eigenvalue weighted by molar-refractivity contribution is 0.250. The second kappa shape index (κ2) is 11.8. The number of hydrogen-bond acceptors (Lipinski definition) is 3. The highest BCUT2D eigenvalue weighted by molar-refractivity contribution is 7.99. The maximum absolute atomic E-state index is 11.7. The maximum Gasteiger partial charge on any atom is 0.319 e. The van der Waals surface area contributed by atoms with E-state index in [1.54, 1.807) is 11.8 Å². The number of rotatable bonds is 8. The average Bonchev–Trinajstić information content (AvgIpc) is 2.65. The molecule has 0 aliphatic heterocycles. The quantitative estimate of drug-likeness (QED) is 0.276. The van der Waals surface area contributed by atoms with Crippen LogP contribution in [0.3, 0.4) is 0 Å². The Morgan fingerprint density at radius 3 is 2.39 bits per heavy atom. The number of nitrogens with one attached hydrogen (secondary N) is 4. The first kappa shape index (κ1) is 22.3. The minimum Gasteiger partial charge on any atom is -0.362 e. The van der Waals surface area contributed by atoms with Gasteiger partial charge in [0.15, 0.2) is 5.11 Å². The number of urea groups is 1. The summed E-state index contributed by atoms with van der Waals surface area (Å²) < 4.78 is 0. The first-order valence-corrected chi connectivity index (χ1v) is 10.8. The largest absolute Gasteiger partial charge is 0.362 e. The van der Waals surface area contributed by atoms with Crippen molar-refractivity contribution in [3.05, 3.63) is 59.1 Å². The zero-order valence-corrected chi connectivity index (χ0v) is 18.3. The van der Waals surface area contributed by atoms with Crippen molar-refractivity contribution in [1.82, 2.24) is 16.0 Å². The molecule has 2 aromatic rings. The Balaban J connectivity index is 1.64. The van der Waals surface area contributed by atoms with E-state index in [0.717, 1.165) is 28.6 Å². The number of thiocarbonyl (C=S) groups is 1. The summed E-state index contributed by atoms with van der Waals surface area (Å²) in [5.74, 6) is 0.905. The predicted molar refractivity (Wildman–Crippen MR) is 123 cm³/mol. The number of amides is 2. The molecule has 0 fully saturated rings. The monoisotopic (exact) mass is 436 g/mol. The van der Waals surface area contributed by atoms with E-state index in [1.807, 2.05) is 62.4 Å². The van der Waals surface area contributed by atoms with Crippen LogP contribution in [-0.4, -0.2) is 29.5 Å². The van der Waals surface area contributed by atoms with E-state index in [-0.39, 0.29) is 12.1 Å². The fourth-order valence-corrected chi connectivity index (χ4v) is 3.31. The van der Waals surface area contributed by atoms with Crippen LogP contribution in [0.1, 0.15) is 19.4 Å². The number of carbonyl (C=O) groups is 1. The van der Waals surface area contributed by atoms with Gasteiger partial charge in [-0.05, 0) is 68.0 Å². The lowest BCUT2D eigenvalue weighted by Crippen LogP contribution is -2.36. The van der Waals surface area contributed by atoms with E-state index in [0.29, 0.717) is 11.7 Å². The Hall–Kier alpha value is -1.96. The van der Waals surface area contributed by atoms with Gasteiger partial charge in [0.05, 0.1) is 0 Å². The maximum atomic E-state index is 11.7. The van der Waals surface area contributed by atoms with Gasteiger partial charge in [0.25, 0.3) is 0 Å². The molecule has 0 spiro atoms. The van der Waals surface area contributed by atoms with Gasteiger partial charge in [-0.25, -0.2) is 4.79 Å². The lowest BCUT2D eigenvalue weighted by Gasteiger charge is -2.12. The summed E-state index contributed by atoms with van der Waals surface area (Å²) in [7, 11) is 0. The van der Waals surface area contributed by atoms with Crippen LogP contribution in [0, 0.1) is 0 Å². The Morgan fingerprint density at radius 1 is 1.07 bits per heavy atom. The van der Waals surface area contributed by atoms with Crippen molar-refractivity contribution in [3.8, 4) is 0 Å². The molecule has 0 saturated heterocycles. The van der Waals surface area contributed by atoms with Crippen LogP contribution in [0.5, 0.6) is 0 Å². The van der Waals surface area contributed by atoms with Gasteiger partial charge in [0, 0.05) is 40.5 Å². The average molecular weight is 437 g/mol. The molecule has 4 N–H and O–H groups in total. The number of benzene rings is 2. The summed E-state index contributed by atoms with van der Waals surface area (Å²) >= 11 is 12.9. The number of thioether (sulfide) groups is 1. The molecule has 0 aromatic heterocycles. The minimum atomic E-state index is -0.206. The van der Waals surface area contributed by atoms with Crippen molar-refractivity contribution >= 4 is 52.4 Å². The molecule has 0 radical (unpaired) electrons.